The number of aryl methyl sites for hydroxylation is 2. The standard InChI is InChI=1S/C18H24F3N5O/c1-12(17(27)22-7-3-9-25-13(2)6-8-23-25)11-26-15(14-4-5-14)10-16(24-26)18(19,20)21/h6,8,10,12,14H,3-5,7,9,11H2,1-2H3,(H,22,27). The zero-order valence-electron chi connectivity index (χ0n) is 15.5. The van der Waals surface area contributed by atoms with Crippen molar-refractivity contribution in [3.8, 4) is 0 Å². The number of rotatable bonds is 8. The van der Waals surface area contributed by atoms with Gasteiger partial charge in [0.15, 0.2) is 5.69 Å². The summed E-state index contributed by atoms with van der Waals surface area (Å²) in [6.07, 6.45) is -0.265. The van der Waals surface area contributed by atoms with E-state index in [0.717, 1.165) is 31.0 Å². The highest BCUT2D eigenvalue weighted by molar-refractivity contribution is 5.78. The minimum absolute atomic E-state index is 0.126. The van der Waals surface area contributed by atoms with Crippen LogP contribution in [0, 0.1) is 12.8 Å². The highest BCUT2D eigenvalue weighted by Gasteiger charge is 2.38. The third-order valence-corrected chi connectivity index (χ3v) is 4.77. The molecule has 1 fully saturated rings. The van der Waals surface area contributed by atoms with Crippen LogP contribution >= 0.6 is 0 Å². The molecule has 1 aliphatic rings. The van der Waals surface area contributed by atoms with Crippen LogP contribution in [0.25, 0.3) is 0 Å². The Labute approximate surface area is 155 Å². The molecular formula is C18H24F3N5O. The Morgan fingerprint density at radius 2 is 2.11 bits per heavy atom. The third-order valence-electron chi connectivity index (χ3n) is 4.77. The van der Waals surface area contributed by atoms with E-state index >= 15 is 0 Å². The van der Waals surface area contributed by atoms with Crippen LogP contribution in [-0.2, 0) is 24.1 Å². The number of aromatic nitrogens is 4. The Kier molecular flexibility index (Phi) is 5.57. The first-order chi connectivity index (χ1) is 12.8. The van der Waals surface area contributed by atoms with E-state index in [1.807, 2.05) is 17.7 Å². The molecule has 1 aliphatic carbocycles. The number of nitrogens with one attached hydrogen (secondary N) is 1. The molecule has 0 aromatic carbocycles. The van der Waals surface area contributed by atoms with Gasteiger partial charge in [-0.25, -0.2) is 0 Å². The average molecular weight is 383 g/mol. The normalized spacial score (nSPS) is 15.7. The van der Waals surface area contributed by atoms with Gasteiger partial charge in [-0.2, -0.15) is 23.4 Å². The molecular weight excluding hydrogens is 359 g/mol. The Morgan fingerprint density at radius 3 is 2.70 bits per heavy atom. The molecule has 27 heavy (non-hydrogen) atoms. The van der Waals surface area contributed by atoms with Crippen LogP contribution < -0.4 is 5.32 Å². The molecule has 1 amide bonds. The topological polar surface area (TPSA) is 64.7 Å². The van der Waals surface area contributed by atoms with E-state index in [4.69, 9.17) is 0 Å². The summed E-state index contributed by atoms with van der Waals surface area (Å²) < 4.78 is 42.1. The van der Waals surface area contributed by atoms with Crippen molar-refractivity contribution in [2.75, 3.05) is 6.54 Å². The highest BCUT2D eigenvalue weighted by Crippen LogP contribution is 2.42. The molecule has 2 aromatic rings. The number of hydrogen-bond donors (Lipinski definition) is 1. The fourth-order valence-electron chi connectivity index (χ4n) is 3.01. The minimum Gasteiger partial charge on any atom is -0.356 e. The molecule has 9 heteroatoms. The molecule has 1 N–H and O–H groups in total. The van der Waals surface area contributed by atoms with Gasteiger partial charge in [-0.1, -0.05) is 6.92 Å². The molecule has 148 valence electrons. The number of nitrogens with zero attached hydrogens (tertiary/aromatic N) is 4. The van der Waals surface area contributed by atoms with Crippen molar-refractivity contribution >= 4 is 5.91 Å². The van der Waals surface area contributed by atoms with E-state index in [2.05, 4.69) is 15.5 Å². The molecule has 1 unspecified atom stereocenters. The Morgan fingerprint density at radius 1 is 1.37 bits per heavy atom. The van der Waals surface area contributed by atoms with Gasteiger partial charge in [0.1, 0.15) is 0 Å². The molecule has 1 atom stereocenters. The SMILES string of the molecule is Cc1ccnn1CCCNC(=O)C(C)Cn1nc(C(F)(F)F)cc1C1CC1. The predicted octanol–water partition coefficient (Wildman–Crippen LogP) is 3.13. The zero-order chi connectivity index (χ0) is 19.6. The second-order valence-electron chi connectivity index (χ2n) is 7.15. The number of amides is 1. The van der Waals surface area contributed by atoms with Gasteiger partial charge in [0, 0.05) is 36.6 Å². The van der Waals surface area contributed by atoms with Crippen LogP contribution in [-0.4, -0.2) is 32.0 Å². The van der Waals surface area contributed by atoms with E-state index < -0.39 is 17.8 Å². The first-order valence-electron chi connectivity index (χ1n) is 9.16. The summed E-state index contributed by atoms with van der Waals surface area (Å²) in [5.74, 6) is -0.519. The van der Waals surface area contributed by atoms with E-state index in [9.17, 15) is 18.0 Å². The van der Waals surface area contributed by atoms with Crippen molar-refractivity contribution in [2.45, 2.75) is 58.3 Å². The summed E-state index contributed by atoms with van der Waals surface area (Å²) in [7, 11) is 0. The molecule has 0 radical (unpaired) electrons. The van der Waals surface area contributed by atoms with Gasteiger partial charge in [0.05, 0.1) is 12.5 Å². The van der Waals surface area contributed by atoms with Gasteiger partial charge < -0.3 is 5.32 Å². The number of carbonyl (C=O) groups excluding carboxylic acids is 1. The van der Waals surface area contributed by atoms with Crippen molar-refractivity contribution in [2.24, 2.45) is 5.92 Å². The largest absolute Gasteiger partial charge is 0.435 e. The molecule has 0 spiro atoms. The van der Waals surface area contributed by atoms with Crippen LogP contribution in [0.2, 0.25) is 0 Å². The van der Waals surface area contributed by atoms with Gasteiger partial charge in [-0.05, 0) is 38.3 Å². The number of hydrogen-bond acceptors (Lipinski definition) is 3. The van der Waals surface area contributed by atoms with Crippen LogP contribution in [0.15, 0.2) is 18.3 Å². The van der Waals surface area contributed by atoms with Crippen LogP contribution in [0.3, 0.4) is 0 Å². The summed E-state index contributed by atoms with van der Waals surface area (Å²) in [6.45, 7) is 5.01. The molecule has 0 saturated heterocycles. The number of carbonyl (C=O) groups is 1. The first-order valence-corrected chi connectivity index (χ1v) is 9.16. The van der Waals surface area contributed by atoms with Crippen molar-refractivity contribution in [3.05, 3.63) is 35.4 Å². The summed E-state index contributed by atoms with van der Waals surface area (Å²) in [5.41, 5.74) is 0.754. The average Bonchev–Trinajstić information content (AvgIpc) is 3.22. The predicted molar refractivity (Wildman–Crippen MR) is 93.0 cm³/mol. The van der Waals surface area contributed by atoms with Crippen molar-refractivity contribution < 1.29 is 18.0 Å². The lowest BCUT2D eigenvalue weighted by molar-refractivity contribution is -0.141. The van der Waals surface area contributed by atoms with Crippen LogP contribution in [0.4, 0.5) is 13.2 Å². The minimum atomic E-state index is -4.47. The molecule has 0 aliphatic heterocycles. The molecule has 2 aromatic heterocycles. The fourth-order valence-corrected chi connectivity index (χ4v) is 3.01. The summed E-state index contributed by atoms with van der Waals surface area (Å²) in [4.78, 5) is 12.3. The van der Waals surface area contributed by atoms with Crippen molar-refractivity contribution in [1.29, 1.82) is 0 Å². The maximum Gasteiger partial charge on any atom is 0.435 e. The molecule has 1 saturated carbocycles. The quantitative estimate of drug-likeness (QED) is 0.713. The highest BCUT2D eigenvalue weighted by atomic mass is 19.4. The van der Waals surface area contributed by atoms with Crippen molar-refractivity contribution in [3.63, 3.8) is 0 Å². The Hall–Kier alpha value is -2.32. The van der Waals surface area contributed by atoms with Gasteiger partial charge in [0.25, 0.3) is 0 Å². The van der Waals surface area contributed by atoms with Crippen molar-refractivity contribution in [1.82, 2.24) is 24.9 Å². The second kappa shape index (κ2) is 7.74. The molecule has 3 rings (SSSR count). The van der Waals surface area contributed by atoms with Crippen LogP contribution in [0.5, 0.6) is 0 Å². The monoisotopic (exact) mass is 383 g/mol. The number of halogens is 3. The lowest BCUT2D eigenvalue weighted by Crippen LogP contribution is -2.33. The number of alkyl halides is 3. The third kappa shape index (κ3) is 4.90. The molecule has 0 bridgehead atoms. The van der Waals surface area contributed by atoms with Crippen LogP contribution in [0.1, 0.15) is 49.2 Å². The van der Waals surface area contributed by atoms with Gasteiger partial charge in [0.2, 0.25) is 5.91 Å². The summed E-state index contributed by atoms with van der Waals surface area (Å²) in [6, 6.07) is 3.03. The molecule has 2 heterocycles. The Bertz CT molecular complexity index is 791. The maximum atomic E-state index is 12.9. The fraction of sp³-hybridized carbons (Fsp3) is 0.611. The molecule has 6 nitrogen and oxygen atoms in total. The van der Waals surface area contributed by atoms with E-state index in [1.165, 1.54) is 4.68 Å². The second-order valence-corrected chi connectivity index (χ2v) is 7.15. The smallest absolute Gasteiger partial charge is 0.356 e. The van der Waals surface area contributed by atoms with E-state index in [0.29, 0.717) is 18.8 Å². The zero-order valence-corrected chi connectivity index (χ0v) is 15.5. The Balaban J connectivity index is 1.52. The maximum absolute atomic E-state index is 12.9. The van der Waals surface area contributed by atoms with E-state index in [-0.39, 0.29) is 18.4 Å². The van der Waals surface area contributed by atoms with Gasteiger partial charge in [-0.3, -0.25) is 14.2 Å². The van der Waals surface area contributed by atoms with Gasteiger partial charge >= 0.3 is 6.18 Å². The summed E-state index contributed by atoms with van der Waals surface area (Å²) in [5, 5.41) is 10.7. The van der Waals surface area contributed by atoms with Gasteiger partial charge in [-0.15, -0.1) is 0 Å². The van der Waals surface area contributed by atoms with E-state index in [1.54, 1.807) is 13.1 Å². The summed E-state index contributed by atoms with van der Waals surface area (Å²) >= 11 is 0. The lowest BCUT2D eigenvalue weighted by Gasteiger charge is -2.14. The lowest BCUT2D eigenvalue weighted by atomic mass is 10.1. The first kappa shape index (κ1) is 19.4.